The number of aliphatic hydroxyl groups is 1. The molecule has 3 rings (SSSR count). The van der Waals surface area contributed by atoms with Gasteiger partial charge >= 0.3 is 0 Å². The van der Waals surface area contributed by atoms with Crippen molar-refractivity contribution < 1.29 is 9.52 Å². The van der Waals surface area contributed by atoms with Gasteiger partial charge in [0.15, 0.2) is 0 Å². The molecule has 1 heterocycles. The lowest BCUT2D eigenvalue weighted by Gasteiger charge is -2.17. The van der Waals surface area contributed by atoms with E-state index in [1.807, 2.05) is 42.5 Å². The Labute approximate surface area is 135 Å². The molecule has 0 atom stereocenters. The van der Waals surface area contributed by atoms with Gasteiger partial charge in [-0.3, -0.25) is 4.79 Å². The maximum absolute atomic E-state index is 13.0. The highest BCUT2D eigenvalue weighted by atomic mass is 16.3. The summed E-state index contributed by atoms with van der Waals surface area (Å²) in [6.45, 7) is 3.52. The van der Waals surface area contributed by atoms with Gasteiger partial charge in [-0.25, -0.2) is 0 Å². The Balaban J connectivity index is 2.21. The van der Waals surface area contributed by atoms with E-state index < -0.39 is 5.60 Å². The van der Waals surface area contributed by atoms with Crippen LogP contribution in [0.25, 0.3) is 22.1 Å². The van der Waals surface area contributed by atoms with Crippen LogP contribution in [0.5, 0.6) is 0 Å². The summed E-state index contributed by atoms with van der Waals surface area (Å²) in [6.07, 6.45) is 1.03. The summed E-state index contributed by atoms with van der Waals surface area (Å²) in [5.41, 5.74) is 1.19. The molecule has 0 aliphatic rings. The summed E-state index contributed by atoms with van der Waals surface area (Å²) in [5, 5.41) is 10.6. The molecular weight excluding hydrogens is 288 g/mol. The second-order valence-electron chi connectivity index (χ2n) is 6.40. The highest BCUT2D eigenvalue weighted by Crippen LogP contribution is 2.26. The molecule has 0 unspecified atom stereocenters. The Morgan fingerprint density at radius 3 is 2.35 bits per heavy atom. The lowest BCUT2D eigenvalue weighted by molar-refractivity contribution is 0.0699. The molecule has 0 saturated heterocycles. The summed E-state index contributed by atoms with van der Waals surface area (Å²) in [6, 6.07) is 16.8. The van der Waals surface area contributed by atoms with Crippen LogP contribution in [-0.2, 0) is 6.42 Å². The van der Waals surface area contributed by atoms with Crippen molar-refractivity contribution in [3.05, 3.63) is 70.6 Å². The summed E-state index contributed by atoms with van der Waals surface area (Å²) in [7, 11) is 0. The molecular formula is C20H20O3. The predicted molar refractivity (Wildman–Crippen MR) is 92.5 cm³/mol. The third kappa shape index (κ3) is 3.35. The summed E-state index contributed by atoms with van der Waals surface area (Å²) >= 11 is 0. The first-order valence-corrected chi connectivity index (χ1v) is 7.78. The first-order valence-electron chi connectivity index (χ1n) is 7.78. The quantitative estimate of drug-likeness (QED) is 0.787. The average Bonchev–Trinajstić information content (AvgIpc) is 2.53. The van der Waals surface area contributed by atoms with Crippen molar-refractivity contribution in [2.75, 3.05) is 0 Å². The number of aryl methyl sites for hydroxylation is 1. The van der Waals surface area contributed by atoms with E-state index in [1.165, 1.54) is 0 Å². The third-order valence-corrected chi connectivity index (χ3v) is 3.90. The Morgan fingerprint density at radius 1 is 1.00 bits per heavy atom. The largest absolute Gasteiger partial charge is 0.460 e. The van der Waals surface area contributed by atoms with E-state index in [4.69, 9.17) is 4.42 Å². The number of benzene rings is 2. The zero-order valence-electron chi connectivity index (χ0n) is 13.4. The van der Waals surface area contributed by atoms with Gasteiger partial charge in [-0.2, -0.15) is 0 Å². The molecule has 0 aliphatic heterocycles. The van der Waals surface area contributed by atoms with E-state index in [1.54, 1.807) is 26.0 Å². The van der Waals surface area contributed by atoms with Crippen molar-refractivity contribution >= 4 is 11.0 Å². The van der Waals surface area contributed by atoms with Crippen molar-refractivity contribution in [2.45, 2.75) is 32.3 Å². The normalized spacial score (nSPS) is 11.8. The fourth-order valence-electron chi connectivity index (χ4n) is 2.68. The van der Waals surface area contributed by atoms with E-state index >= 15 is 0 Å². The topological polar surface area (TPSA) is 50.4 Å². The highest BCUT2D eigenvalue weighted by Gasteiger charge is 2.19. The van der Waals surface area contributed by atoms with Gasteiger partial charge in [-0.1, -0.05) is 42.5 Å². The fourth-order valence-corrected chi connectivity index (χ4v) is 2.68. The SMILES string of the molecule is CC(C)(O)CCc1oc2ccccc2c(=O)c1-c1ccccc1. The fraction of sp³-hybridized carbons (Fsp3) is 0.250. The predicted octanol–water partition coefficient (Wildman–Crippen LogP) is 4.16. The molecule has 1 N–H and O–H groups in total. The van der Waals surface area contributed by atoms with Crippen LogP contribution in [0.3, 0.4) is 0 Å². The van der Waals surface area contributed by atoms with Crippen molar-refractivity contribution in [1.29, 1.82) is 0 Å². The minimum atomic E-state index is -0.807. The molecule has 2 aromatic carbocycles. The van der Waals surface area contributed by atoms with Crippen LogP contribution in [0.4, 0.5) is 0 Å². The lowest BCUT2D eigenvalue weighted by Crippen LogP contribution is -2.20. The Hall–Kier alpha value is -2.39. The number of para-hydroxylation sites is 1. The van der Waals surface area contributed by atoms with Gasteiger partial charge in [0.1, 0.15) is 11.3 Å². The van der Waals surface area contributed by atoms with Crippen LogP contribution in [-0.4, -0.2) is 10.7 Å². The molecule has 0 radical (unpaired) electrons. The average molecular weight is 308 g/mol. The zero-order valence-corrected chi connectivity index (χ0v) is 13.4. The summed E-state index contributed by atoms with van der Waals surface area (Å²) < 4.78 is 6.01. The van der Waals surface area contributed by atoms with Gasteiger partial charge in [0.05, 0.1) is 16.6 Å². The van der Waals surface area contributed by atoms with E-state index in [9.17, 15) is 9.90 Å². The third-order valence-electron chi connectivity index (χ3n) is 3.90. The Bertz CT molecular complexity index is 871. The number of hydrogen-bond donors (Lipinski definition) is 1. The van der Waals surface area contributed by atoms with Crippen LogP contribution in [0, 0.1) is 0 Å². The van der Waals surface area contributed by atoms with Gasteiger partial charge in [0, 0.05) is 6.42 Å². The molecule has 3 heteroatoms. The second kappa shape index (κ2) is 6.01. The van der Waals surface area contributed by atoms with E-state index in [-0.39, 0.29) is 5.43 Å². The highest BCUT2D eigenvalue weighted by molar-refractivity contribution is 5.82. The second-order valence-corrected chi connectivity index (χ2v) is 6.40. The van der Waals surface area contributed by atoms with Crippen LogP contribution < -0.4 is 5.43 Å². The molecule has 0 fully saturated rings. The lowest BCUT2D eigenvalue weighted by atomic mass is 9.96. The Kier molecular flexibility index (Phi) is 4.05. The monoisotopic (exact) mass is 308 g/mol. The maximum atomic E-state index is 13.0. The number of rotatable bonds is 4. The summed E-state index contributed by atoms with van der Waals surface area (Å²) in [5.74, 6) is 0.627. The molecule has 118 valence electrons. The van der Waals surface area contributed by atoms with Gasteiger partial charge in [0.2, 0.25) is 5.43 Å². The molecule has 0 spiro atoms. The van der Waals surface area contributed by atoms with Crippen LogP contribution >= 0.6 is 0 Å². The molecule has 0 saturated carbocycles. The molecule has 3 aromatic rings. The molecule has 23 heavy (non-hydrogen) atoms. The number of hydrogen-bond acceptors (Lipinski definition) is 3. The van der Waals surface area contributed by atoms with Crippen molar-refractivity contribution in [1.82, 2.24) is 0 Å². The maximum Gasteiger partial charge on any atom is 0.200 e. The summed E-state index contributed by atoms with van der Waals surface area (Å²) in [4.78, 5) is 13.0. The van der Waals surface area contributed by atoms with Crippen LogP contribution in [0.2, 0.25) is 0 Å². The first-order chi connectivity index (χ1) is 11.0. The van der Waals surface area contributed by atoms with Crippen molar-refractivity contribution in [2.24, 2.45) is 0 Å². The Morgan fingerprint density at radius 2 is 1.65 bits per heavy atom. The molecule has 0 amide bonds. The van der Waals surface area contributed by atoms with Gasteiger partial charge in [0.25, 0.3) is 0 Å². The molecule has 0 aliphatic carbocycles. The molecule has 3 nitrogen and oxygen atoms in total. The van der Waals surface area contributed by atoms with Gasteiger partial charge < -0.3 is 9.52 Å². The minimum Gasteiger partial charge on any atom is -0.460 e. The van der Waals surface area contributed by atoms with Crippen LogP contribution in [0.15, 0.2) is 63.8 Å². The smallest absolute Gasteiger partial charge is 0.200 e. The van der Waals surface area contributed by atoms with Crippen molar-refractivity contribution in [3.8, 4) is 11.1 Å². The van der Waals surface area contributed by atoms with Crippen LogP contribution in [0.1, 0.15) is 26.0 Å². The minimum absolute atomic E-state index is 0.0243. The zero-order chi connectivity index (χ0) is 16.4. The first kappa shape index (κ1) is 15.5. The number of fused-ring (bicyclic) bond motifs is 1. The van der Waals surface area contributed by atoms with Gasteiger partial charge in [-0.05, 0) is 38.0 Å². The molecule has 0 bridgehead atoms. The van der Waals surface area contributed by atoms with E-state index in [0.717, 1.165) is 5.56 Å². The van der Waals surface area contributed by atoms with Crippen molar-refractivity contribution in [3.63, 3.8) is 0 Å². The van der Waals surface area contributed by atoms with E-state index in [2.05, 4.69) is 0 Å². The standard InChI is InChI=1S/C20H20O3/c1-20(2,22)13-12-17-18(14-8-4-3-5-9-14)19(21)15-10-6-7-11-16(15)23-17/h3-11,22H,12-13H2,1-2H3. The molecule has 1 aromatic heterocycles. The van der Waals surface area contributed by atoms with E-state index in [0.29, 0.717) is 35.1 Å². The van der Waals surface area contributed by atoms with Gasteiger partial charge in [-0.15, -0.1) is 0 Å².